The summed E-state index contributed by atoms with van der Waals surface area (Å²) in [4.78, 5) is 35.3. The molecule has 118 valence electrons. The van der Waals surface area contributed by atoms with Crippen LogP contribution in [0.4, 0.5) is 5.69 Å². The summed E-state index contributed by atoms with van der Waals surface area (Å²) in [5.41, 5.74) is -0.410. The van der Waals surface area contributed by atoms with Crippen molar-refractivity contribution in [1.82, 2.24) is 10.2 Å². The fourth-order valence-electron chi connectivity index (χ4n) is 1.94. The maximum absolute atomic E-state index is 12.3. The number of amides is 2. The number of nitrogens with one attached hydrogen (secondary N) is 1. The number of nitro benzene ring substituents is 1. The van der Waals surface area contributed by atoms with E-state index >= 15 is 0 Å². The smallest absolute Gasteiger partial charge is 0.310 e. The lowest BCUT2D eigenvalue weighted by molar-refractivity contribution is -0.385. The number of thiocarbonyl (C=S) groups is 1. The largest absolute Gasteiger partial charge is 0.502 e. The number of hydrogen-bond acceptors (Lipinski definition) is 6. The zero-order valence-corrected chi connectivity index (χ0v) is 12.5. The summed E-state index contributed by atoms with van der Waals surface area (Å²) < 4.78 is 0. The fourth-order valence-corrected chi connectivity index (χ4v) is 2.19. The van der Waals surface area contributed by atoms with E-state index in [1.165, 1.54) is 18.2 Å². The lowest BCUT2D eigenvalue weighted by Gasteiger charge is -2.27. The molecular weight excluding hydrogens is 322 g/mol. The molecule has 0 bridgehead atoms. The monoisotopic (exact) mass is 333 g/mol. The molecule has 1 aliphatic rings. The van der Waals surface area contributed by atoms with Crippen molar-refractivity contribution in [2.45, 2.75) is 0 Å². The van der Waals surface area contributed by atoms with Gasteiger partial charge in [0.1, 0.15) is 5.57 Å². The number of carbonyl (C=O) groups is 2. The van der Waals surface area contributed by atoms with E-state index in [2.05, 4.69) is 11.9 Å². The first-order chi connectivity index (χ1) is 10.8. The maximum Gasteiger partial charge on any atom is 0.310 e. The standard InChI is InChI=1S/C14H11N3O5S/c1-2-5-16-13(20)9(12(19)15-14(16)23)6-8-3-4-10(17(21)22)11(18)7-8/h2-4,6-7,18H,1,5H2,(H,15,19,23). The number of hydrogen-bond donors (Lipinski definition) is 2. The van der Waals surface area contributed by atoms with Crippen LogP contribution < -0.4 is 5.32 Å². The highest BCUT2D eigenvalue weighted by atomic mass is 32.1. The van der Waals surface area contributed by atoms with Crippen LogP contribution in [0.2, 0.25) is 0 Å². The molecule has 1 fully saturated rings. The number of phenols is 1. The molecule has 0 aromatic heterocycles. The van der Waals surface area contributed by atoms with Gasteiger partial charge in [0.2, 0.25) is 0 Å². The number of nitro groups is 1. The summed E-state index contributed by atoms with van der Waals surface area (Å²) >= 11 is 4.91. The Hall–Kier alpha value is -3.07. The fraction of sp³-hybridized carbons (Fsp3) is 0.0714. The Labute approximate surface area is 135 Å². The average molecular weight is 333 g/mol. The zero-order valence-electron chi connectivity index (χ0n) is 11.7. The number of phenolic OH excluding ortho intramolecular Hbond substituents is 1. The van der Waals surface area contributed by atoms with Crippen LogP contribution in [-0.2, 0) is 9.59 Å². The molecule has 1 aliphatic heterocycles. The van der Waals surface area contributed by atoms with Gasteiger partial charge in [-0.05, 0) is 36.0 Å². The molecule has 23 heavy (non-hydrogen) atoms. The zero-order chi connectivity index (χ0) is 17.1. The third-order valence-corrected chi connectivity index (χ3v) is 3.33. The minimum Gasteiger partial charge on any atom is -0.502 e. The third-order valence-electron chi connectivity index (χ3n) is 3.00. The van der Waals surface area contributed by atoms with Gasteiger partial charge in [-0.25, -0.2) is 0 Å². The van der Waals surface area contributed by atoms with Crippen LogP contribution in [-0.4, -0.2) is 38.4 Å². The number of aromatic hydroxyl groups is 1. The summed E-state index contributed by atoms with van der Waals surface area (Å²) in [6.45, 7) is 3.63. The number of rotatable bonds is 4. The Morgan fingerprint density at radius 2 is 2.13 bits per heavy atom. The summed E-state index contributed by atoms with van der Waals surface area (Å²) in [6.07, 6.45) is 2.68. The topological polar surface area (TPSA) is 113 Å². The summed E-state index contributed by atoms with van der Waals surface area (Å²) in [6, 6.07) is 3.49. The van der Waals surface area contributed by atoms with Crippen molar-refractivity contribution < 1.29 is 19.6 Å². The van der Waals surface area contributed by atoms with Crippen LogP contribution in [0, 0.1) is 10.1 Å². The second kappa shape index (κ2) is 6.36. The molecule has 0 radical (unpaired) electrons. The molecule has 8 nitrogen and oxygen atoms in total. The van der Waals surface area contributed by atoms with Crippen molar-refractivity contribution >= 4 is 40.9 Å². The van der Waals surface area contributed by atoms with Gasteiger partial charge in [-0.3, -0.25) is 29.9 Å². The Bertz CT molecular complexity index is 772. The van der Waals surface area contributed by atoms with Crippen molar-refractivity contribution in [3.05, 3.63) is 52.1 Å². The molecule has 1 aromatic carbocycles. The van der Waals surface area contributed by atoms with Gasteiger partial charge in [0.15, 0.2) is 10.9 Å². The first-order valence-corrected chi connectivity index (χ1v) is 6.73. The average Bonchev–Trinajstić information content (AvgIpc) is 2.47. The molecule has 0 atom stereocenters. The van der Waals surface area contributed by atoms with Gasteiger partial charge in [0.05, 0.1) is 4.92 Å². The molecule has 0 aliphatic carbocycles. The quantitative estimate of drug-likeness (QED) is 0.213. The molecule has 1 aromatic rings. The van der Waals surface area contributed by atoms with E-state index in [-0.39, 0.29) is 22.8 Å². The van der Waals surface area contributed by atoms with E-state index in [0.717, 1.165) is 17.0 Å². The highest BCUT2D eigenvalue weighted by Gasteiger charge is 2.32. The minimum absolute atomic E-state index is 0.0244. The van der Waals surface area contributed by atoms with Crippen molar-refractivity contribution in [1.29, 1.82) is 0 Å². The van der Waals surface area contributed by atoms with Gasteiger partial charge >= 0.3 is 5.69 Å². The second-order valence-corrected chi connectivity index (χ2v) is 4.91. The summed E-state index contributed by atoms with van der Waals surface area (Å²) in [5.74, 6) is -1.86. The van der Waals surface area contributed by atoms with Crippen molar-refractivity contribution in [3.63, 3.8) is 0 Å². The van der Waals surface area contributed by atoms with Crippen LogP contribution in [0.5, 0.6) is 5.75 Å². The SMILES string of the molecule is C=CCN1C(=O)C(=Cc2ccc([N+](=O)[O-])c(O)c2)C(=O)NC1=S. The Balaban J connectivity index is 2.40. The van der Waals surface area contributed by atoms with Gasteiger partial charge in [-0.15, -0.1) is 6.58 Å². The molecular formula is C14H11N3O5S. The lowest BCUT2D eigenvalue weighted by atomic mass is 10.1. The predicted octanol–water partition coefficient (Wildman–Crippen LogP) is 1.11. The van der Waals surface area contributed by atoms with Gasteiger partial charge in [0, 0.05) is 12.6 Å². The van der Waals surface area contributed by atoms with Crippen LogP contribution in [0.3, 0.4) is 0 Å². The molecule has 0 unspecified atom stereocenters. The molecule has 1 saturated heterocycles. The van der Waals surface area contributed by atoms with Crippen molar-refractivity contribution in [2.24, 2.45) is 0 Å². The Morgan fingerprint density at radius 1 is 1.43 bits per heavy atom. The molecule has 2 N–H and O–H groups in total. The Morgan fingerprint density at radius 3 is 2.70 bits per heavy atom. The van der Waals surface area contributed by atoms with Crippen LogP contribution in [0.15, 0.2) is 36.4 Å². The summed E-state index contributed by atoms with van der Waals surface area (Å²) in [7, 11) is 0. The minimum atomic E-state index is -0.741. The third kappa shape index (κ3) is 3.24. The van der Waals surface area contributed by atoms with Crippen LogP contribution >= 0.6 is 12.2 Å². The van der Waals surface area contributed by atoms with E-state index in [1.807, 2.05) is 0 Å². The first kappa shape index (κ1) is 16.3. The number of nitrogens with zero attached hydrogens (tertiary/aromatic N) is 2. The van der Waals surface area contributed by atoms with E-state index in [0.29, 0.717) is 0 Å². The van der Waals surface area contributed by atoms with Gasteiger partial charge < -0.3 is 5.11 Å². The molecule has 0 saturated carbocycles. The molecule has 0 spiro atoms. The lowest BCUT2D eigenvalue weighted by Crippen LogP contribution is -2.53. The number of carbonyl (C=O) groups excluding carboxylic acids is 2. The van der Waals surface area contributed by atoms with Crippen LogP contribution in [0.1, 0.15) is 5.56 Å². The van der Waals surface area contributed by atoms with Gasteiger partial charge in [-0.1, -0.05) is 6.08 Å². The maximum atomic E-state index is 12.3. The normalized spacial score (nSPS) is 16.4. The van der Waals surface area contributed by atoms with E-state index in [4.69, 9.17) is 12.2 Å². The first-order valence-electron chi connectivity index (χ1n) is 6.32. The van der Waals surface area contributed by atoms with Crippen molar-refractivity contribution in [3.8, 4) is 5.75 Å². The van der Waals surface area contributed by atoms with E-state index < -0.39 is 28.2 Å². The second-order valence-electron chi connectivity index (χ2n) is 4.53. The van der Waals surface area contributed by atoms with Crippen LogP contribution in [0.25, 0.3) is 6.08 Å². The Kier molecular flexibility index (Phi) is 4.51. The summed E-state index contributed by atoms with van der Waals surface area (Å²) in [5, 5.41) is 22.6. The van der Waals surface area contributed by atoms with Gasteiger partial charge in [0.25, 0.3) is 11.8 Å². The molecule has 2 rings (SSSR count). The predicted molar refractivity (Wildman–Crippen MR) is 85.4 cm³/mol. The molecule has 2 amide bonds. The molecule has 1 heterocycles. The molecule has 9 heteroatoms. The van der Waals surface area contributed by atoms with Crippen molar-refractivity contribution in [2.75, 3.05) is 6.54 Å². The van der Waals surface area contributed by atoms with E-state index in [1.54, 1.807) is 0 Å². The number of benzene rings is 1. The highest BCUT2D eigenvalue weighted by Crippen LogP contribution is 2.27. The van der Waals surface area contributed by atoms with Gasteiger partial charge in [-0.2, -0.15) is 0 Å². The highest BCUT2D eigenvalue weighted by molar-refractivity contribution is 7.80. The van der Waals surface area contributed by atoms with E-state index in [9.17, 15) is 24.8 Å².